The lowest BCUT2D eigenvalue weighted by Gasteiger charge is -2.19. The van der Waals surface area contributed by atoms with Gasteiger partial charge in [-0.3, -0.25) is 0 Å². The van der Waals surface area contributed by atoms with Crippen LogP contribution < -0.4 is 0 Å². The van der Waals surface area contributed by atoms with E-state index in [9.17, 15) is 0 Å². The zero-order valence-corrected chi connectivity index (χ0v) is 11.2. The highest BCUT2D eigenvalue weighted by Gasteiger charge is 2.22. The minimum atomic E-state index is 0.459. The Morgan fingerprint density at radius 2 is 1.62 bits per heavy atom. The number of hydrogen-bond donors (Lipinski definition) is 0. The molecule has 0 aromatic heterocycles. The molecule has 0 saturated heterocycles. The molecule has 1 aliphatic heterocycles. The zero-order chi connectivity index (χ0) is 11.3. The molecule has 0 spiro atoms. The van der Waals surface area contributed by atoms with E-state index in [0.717, 1.165) is 26.4 Å². The van der Waals surface area contributed by atoms with Gasteiger partial charge in [-0.15, -0.1) is 0 Å². The molecular formula is C12H5BrOS2. The van der Waals surface area contributed by atoms with Crippen molar-refractivity contribution >= 4 is 61.2 Å². The third-order valence-corrected chi connectivity index (χ3v) is 3.91. The number of benzene rings is 2. The van der Waals surface area contributed by atoms with E-state index in [-0.39, 0.29) is 0 Å². The van der Waals surface area contributed by atoms with Crippen LogP contribution >= 0.6 is 40.4 Å². The van der Waals surface area contributed by atoms with Crippen molar-refractivity contribution < 1.29 is 4.74 Å². The van der Waals surface area contributed by atoms with E-state index in [4.69, 9.17) is 29.2 Å². The van der Waals surface area contributed by atoms with E-state index >= 15 is 0 Å². The number of hydrogen-bond acceptors (Lipinski definition) is 3. The maximum absolute atomic E-state index is 5.39. The molecule has 1 aliphatic rings. The standard InChI is InChI=1S/C12H5BrOS2/c13-9-5-4-8-10-6(9)2-1-3-7(10)11(15)14-12(8)16/h1-5H. The molecule has 0 unspecified atom stereocenters. The van der Waals surface area contributed by atoms with Gasteiger partial charge in [0.25, 0.3) is 0 Å². The molecule has 16 heavy (non-hydrogen) atoms. The van der Waals surface area contributed by atoms with Crippen LogP contribution in [0.3, 0.4) is 0 Å². The van der Waals surface area contributed by atoms with Crippen molar-refractivity contribution in [3.63, 3.8) is 0 Å². The van der Waals surface area contributed by atoms with Gasteiger partial charge < -0.3 is 4.74 Å². The maximum atomic E-state index is 5.39. The van der Waals surface area contributed by atoms with Crippen LogP contribution in [0.5, 0.6) is 0 Å². The fourth-order valence-corrected chi connectivity index (χ4v) is 2.93. The van der Waals surface area contributed by atoms with Gasteiger partial charge in [-0.25, -0.2) is 0 Å². The molecule has 0 fully saturated rings. The van der Waals surface area contributed by atoms with Crippen molar-refractivity contribution in [2.75, 3.05) is 0 Å². The highest BCUT2D eigenvalue weighted by Crippen LogP contribution is 2.33. The Hall–Kier alpha value is -0.840. The predicted octanol–water partition coefficient (Wildman–Crippen LogP) is 3.98. The molecule has 0 bridgehead atoms. The molecule has 0 saturated carbocycles. The van der Waals surface area contributed by atoms with Gasteiger partial charge >= 0.3 is 0 Å². The van der Waals surface area contributed by atoms with E-state index in [0.29, 0.717) is 10.1 Å². The molecule has 1 heterocycles. The number of rotatable bonds is 0. The molecule has 0 N–H and O–H groups in total. The van der Waals surface area contributed by atoms with Crippen LogP contribution in [0.15, 0.2) is 34.8 Å². The summed E-state index contributed by atoms with van der Waals surface area (Å²) in [6, 6.07) is 9.91. The minimum absolute atomic E-state index is 0.459. The largest absolute Gasteiger partial charge is 0.433 e. The lowest BCUT2D eigenvalue weighted by Crippen LogP contribution is -2.17. The Morgan fingerprint density at radius 1 is 0.938 bits per heavy atom. The number of halogens is 1. The van der Waals surface area contributed by atoms with E-state index in [1.54, 1.807) is 0 Å². The molecule has 0 atom stereocenters. The Labute approximate surface area is 112 Å². The summed E-state index contributed by atoms with van der Waals surface area (Å²) in [4.78, 5) is 0. The first-order valence-corrected chi connectivity index (χ1v) is 6.27. The highest BCUT2D eigenvalue weighted by molar-refractivity contribution is 9.10. The summed E-state index contributed by atoms with van der Waals surface area (Å²) < 4.78 is 6.43. The first kappa shape index (κ1) is 10.3. The highest BCUT2D eigenvalue weighted by atomic mass is 79.9. The topological polar surface area (TPSA) is 9.23 Å². The number of thiocarbonyl (C=S) groups is 2. The third kappa shape index (κ3) is 1.34. The van der Waals surface area contributed by atoms with Crippen molar-refractivity contribution in [3.8, 4) is 0 Å². The summed E-state index contributed by atoms with van der Waals surface area (Å²) in [6.45, 7) is 0. The molecule has 4 heteroatoms. The van der Waals surface area contributed by atoms with Crippen molar-refractivity contribution in [1.29, 1.82) is 0 Å². The molecule has 78 valence electrons. The van der Waals surface area contributed by atoms with Crippen LogP contribution in [0.25, 0.3) is 10.8 Å². The Morgan fingerprint density at radius 3 is 2.38 bits per heavy atom. The first-order valence-electron chi connectivity index (χ1n) is 4.66. The van der Waals surface area contributed by atoms with Gasteiger partial charge in [0.05, 0.1) is 0 Å². The Kier molecular flexibility index (Phi) is 2.31. The second-order valence-corrected chi connectivity index (χ2v) is 5.10. The van der Waals surface area contributed by atoms with Crippen molar-refractivity contribution in [2.24, 2.45) is 0 Å². The van der Waals surface area contributed by atoms with E-state index in [1.807, 2.05) is 30.3 Å². The Bertz CT molecular complexity index is 629. The first-order chi connectivity index (χ1) is 7.68. The van der Waals surface area contributed by atoms with Crippen molar-refractivity contribution in [2.45, 2.75) is 0 Å². The average Bonchev–Trinajstić information content (AvgIpc) is 2.27. The minimum Gasteiger partial charge on any atom is -0.433 e. The second kappa shape index (κ2) is 3.58. The molecule has 2 aromatic rings. The van der Waals surface area contributed by atoms with Crippen LogP contribution in [0.2, 0.25) is 0 Å². The summed E-state index contributed by atoms with van der Waals surface area (Å²) >= 11 is 13.9. The lowest BCUT2D eigenvalue weighted by atomic mass is 9.98. The van der Waals surface area contributed by atoms with E-state index in [1.165, 1.54) is 0 Å². The van der Waals surface area contributed by atoms with Crippen LogP contribution in [-0.4, -0.2) is 10.1 Å². The predicted molar refractivity (Wildman–Crippen MR) is 76.1 cm³/mol. The smallest absolute Gasteiger partial charge is 0.199 e. The SMILES string of the molecule is S=C1OC(=S)c2ccc(Br)c3cccc1c23. The summed E-state index contributed by atoms with van der Waals surface area (Å²) in [5.41, 5.74) is 1.88. The molecular weight excluding hydrogens is 304 g/mol. The van der Waals surface area contributed by atoms with Crippen LogP contribution in [0, 0.1) is 0 Å². The van der Waals surface area contributed by atoms with Gasteiger partial charge in [0.15, 0.2) is 10.1 Å². The lowest BCUT2D eigenvalue weighted by molar-refractivity contribution is 0.576. The van der Waals surface area contributed by atoms with Crippen molar-refractivity contribution in [3.05, 3.63) is 45.9 Å². The van der Waals surface area contributed by atoms with Crippen LogP contribution in [-0.2, 0) is 4.74 Å². The van der Waals surface area contributed by atoms with Gasteiger partial charge in [0.2, 0.25) is 0 Å². The van der Waals surface area contributed by atoms with E-state index < -0.39 is 0 Å². The monoisotopic (exact) mass is 308 g/mol. The molecule has 0 radical (unpaired) electrons. The summed E-state index contributed by atoms with van der Waals surface area (Å²) in [5, 5.41) is 3.11. The zero-order valence-electron chi connectivity index (χ0n) is 7.99. The van der Waals surface area contributed by atoms with Gasteiger partial charge in [0.1, 0.15) is 0 Å². The van der Waals surface area contributed by atoms with E-state index in [2.05, 4.69) is 15.9 Å². The van der Waals surface area contributed by atoms with Gasteiger partial charge in [-0.1, -0.05) is 28.1 Å². The number of ether oxygens (including phenoxy) is 1. The van der Waals surface area contributed by atoms with Gasteiger partial charge in [-0.2, -0.15) is 0 Å². The third-order valence-electron chi connectivity index (χ3n) is 2.61. The summed E-state index contributed by atoms with van der Waals surface area (Å²) in [7, 11) is 0. The molecule has 2 aromatic carbocycles. The van der Waals surface area contributed by atoms with Gasteiger partial charge in [0, 0.05) is 21.0 Å². The second-order valence-electron chi connectivity index (χ2n) is 3.50. The molecule has 1 nitrogen and oxygen atoms in total. The van der Waals surface area contributed by atoms with Crippen LogP contribution in [0.4, 0.5) is 0 Å². The Balaban J connectivity index is 2.57. The molecule has 3 rings (SSSR count). The average molecular weight is 309 g/mol. The molecule has 0 aliphatic carbocycles. The maximum Gasteiger partial charge on any atom is 0.199 e. The van der Waals surface area contributed by atoms with Crippen LogP contribution in [0.1, 0.15) is 11.1 Å². The normalized spacial score (nSPS) is 14.1. The molecule has 0 amide bonds. The van der Waals surface area contributed by atoms with Gasteiger partial charge in [-0.05, 0) is 48.0 Å². The fourth-order valence-electron chi connectivity index (χ4n) is 1.91. The quantitative estimate of drug-likeness (QED) is 0.681. The van der Waals surface area contributed by atoms with Crippen molar-refractivity contribution in [1.82, 2.24) is 0 Å². The summed E-state index contributed by atoms with van der Waals surface area (Å²) in [5.74, 6) is 0. The fraction of sp³-hybridized carbons (Fsp3) is 0. The summed E-state index contributed by atoms with van der Waals surface area (Å²) in [6.07, 6.45) is 0.